The van der Waals surface area contributed by atoms with E-state index in [0.29, 0.717) is 0 Å². The van der Waals surface area contributed by atoms with Gasteiger partial charge in [-0.05, 0) is 109 Å². The van der Waals surface area contributed by atoms with Crippen molar-refractivity contribution in [3.8, 4) is 22.3 Å². The van der Waals surface area contributed by atoms with E-state index in [1.165, 1.54) is 72.3 Å². The highest BCUT2D eigenvalue weighted by atomic mass is 14.2. The van der Waals surface area contributed by atoms with Gasteiger partial charge < -0.3 is 0 Å². The van der Waals surface area contributed by atoms with Gasteiger partial charge in [-0.25, -0.2) is 0 Å². The van der Waals surface area contributed by atoms with Crippen molar-refractivity contribution in [1.82, 2.24) is 0 Å². The summed E-state index contributed by atoms with van der Waals surface area (Å²) in [7, 11) is 0. The van der Waals surface area contributed by atoms with Crippen LogP contribution in [-0.4, -0.2) is 0 Å². The summed E-state index contributed by atoms with van der Waals surface area (Å²) in [6.45, 7) is 24.8. The minimum atomic E-state index is 0.959. The fourth-order valence-corrected chi connectivity index (χ4v) is 5.99. The van der Waals surface area contributed by atoms with Crippen LogP contribution in [0.15, 0.2) is 171 Å². The molecule has 6 rings (SSSR count). The minimum Gasteiger partial charge on any atom is -0.0991 e. The Labute approximate surface area is 316 Å². The summed E-state index contributed by atoms with van der Waals surface area (Å²) in [5.41, 5.74) is 18.2. The smallest absolute Gasteiger partial charge is 0.00882 e. The summed E-state index contributed by atoms with van der Waals surface area (Å²) in [4.78, 5) is 0. The zero-order valence-corrected chi connectivity index (χ0v) is 32.8. The van der Waals surface area contributed by atoms with E-state index < -0.39 is 0 Å². The number of hydrogen-bond donors (Lipinski definition) is 0. The molecule has 5 aromatic carbocycles. The molecule has 0 fully saturated rings. The van der Waals surface area contributed by atoms with E-state index in [1.54, 1.807) is 6.08 Å². The lowest BCUT2D eigenvalue weighted by Gasteiger charge is -2.15. The largest absolute Gasteiger partial charge is 0.0991 e. The quantitative estimate of drug-likeness (QED) is 0.162. The van der Waals surface area contributed by atoms with Gasteiger partial charge in [0.25, 0.3) is 0 Å². The lowest BCUT2D eigenvalue weighted by atomic mass is 9.89. The molecule has 0 bridgehead atoms. The Morgan fingerprint density at radius 2 is 1.19 bits per heavy atom. The van der Waals surface area contributed by atoms with Crippen LogP contribution >= 0.6 is 0 Å². The van der Waals surface area contributed by atoms with Crippen LogP contribution in [0.3, 0.4) is 0 Å². The van der Waals surface area contributed by atoms with Crippen molar-refractivity contribution in [3.63, 3.8) is 0 Å². The predicted octanol–water partition coefficient (Wildman–Crippen LogP) is 15.2. The second-order valence-electron chi connectivity index (χ2n) is 12.9. The van der Waals surface area contributed by atoms with Gasteiger partial charge >= 0.3 is 0 Å². The lowest BCUT2D eigenvalue weighted by Crippen LogP contribution is -1.94. The Hall–Kier alpha value is -5.46. The second-order valence-corrected chi connectivity index (χ2v) is 12.9. The molecule has 0 saturated carbocycles. The highest BCUT2D eigenvalue weighted by Crippen LogP contribution is 2.33. The molecule has 266 valence electrons. The first-order valence-corrected chi connectivity index (χ1v) is 18.6. The number of benzene rings is 5. The fourth-order valence-electron chi connectivity index (χ4n) is 5.99. The molecule has 1 aliphatic rings. The van der Waals surface area contributed by atoms with Crippen LogP contribution in [0.5, 0.6) is 0 Å². The molecule has 52 heavy (non-hydrogen) atoms. The number of aryl methyl sites for hydroxylation is 5. The van der Waals surface area contributed by atoms with E-state index in [9.17, 15) is 0 Å². The topological polar surface area (TPSA) is 0 Å². The van der Waals surface area contributed by atoms with E-state index in [4.69, 9.17) is 0 Å². The van der Waals surface area contributed by atoms with Gasteiger partial charge in [0.15, 0.2) is 0 Å². The van der Waals surface area contributed by atoms with Crippen molar-refractivity contribution in [2.24, 2.45) is 0 Å². The maximum Gasteiger partial charge on any atom is -0.00882 e. The molecule has 0 radical (unpaired) electrons. The average molecular weight is 683 g/mol. The van der Waals surface area contributed by atoms with Gasteiger partial charge in [-0.15, -0.1) is 0 Å². The molecule has 1 aliphatic carbocycles. The summed E-state index contributed by atoms with van der Waals surface area (Å²) in [5, 5.41) is 0. The zero-order valence-electron chi connectivity index (χ0n) is 32.8. The van der Waals surface area contributed by atoms with Crippen molar-refractivity contribution >= 4 is 11.1 Å². The molecule has 0 saturated heterocycles. The van der Waals surface area contributed by atoms with Gasteiger partial charge in [-0.3, -0.25) is 0 Å². The number of fused-ring (bicyclic) bond motifs is 3. The summed E-state index contributed by atoms with van der Waals surface area (Å²) >= 11 is 0. The molecule has 0 nitrogen and oxygen atoms in total. The van der Waals surface area contributed by atoms with Crippen LogP contribution in [0.1, 0.15) is 71.7 Å². The van der Waals surface area contributed by atoms with Gasteiger partial charge in [0, 0.05) is 0 Å². The third kappa shape index (κ3) is 12.1. The summed E-state index contributed by atoms with van der Waals surface area (Å²) in [6.07, 6.45) is 18.4. The van der Waals surface area contributed by atoms with Gasteiger partial charge in [0.2, 0.25) is 0 Å². The lowest BCUT2D eigenvalue weighted by molar-refractivity contribution is 1.24. The van der Waals surface area contributed by atoms with Crippen molar-refractivity contribution in [1.29, 1.82) is 0 Å². The van der Waals surface area contributed by atoms with E-state index in [-0.39, 0.29) is 0 Å². The zero-order chi connectivity index (χ0) is 37.9. The molecule has 0 spiro atoms. The molecule has 0 unspecified atom stereocenters. The van der Waals surface area contributed by atoms with Crippen LogP contribution in [0.25, 0.3) is 33.4 Å². The Morgan fingerprint density at radius 1 is 0.596 bits per heavy atom. The van der Waals surface area contributed by atoms with Gasteiger partial charge in [-0.1, -0.05) is 208 Å². The Balaban J connectivity index is 0.000000209. The second kappa shape index (κ2) is 21.7. The van der Waals surface area contributed by atoms with Crippen LogP contribution in [0, 0.1) is 34.6 Å². The third-order valence-electron chi connectivity index (χ3n) is 8.89. The van der Waals surface area contributed by atoms with Crippen LogP contribution in [0.2, 0.25) is 0 Å². The molecule has 0 aromatic heterocycles. The molecule has 0 heteroatoms. The SMILES string of the molecule is C=C/C=C\C=C(/CC)c1ccc(C)cc1.C=C1/C=C\C=C/Cc2ccccc2-c2cc(C)ccc21.CC.Cc1ccc(C)c(-c2ccccc2C)c1. The highest BCUT2D eigenvalue weighted by Gasteiger charge is 2.11. The molecule has 0 atom stereocenters. The monoisotopic (exact) mass is 682 g/mol. The Morgan fingerprint density at radius 3 is 1.87 bits per heavy atom. The standard InChI is InChI=1S/C20H18.C15H16.C15H18.C2H6/c1-15-12-13-18-16(2)8-4-3-5-9-17-10-6-7-11-19(17)20(18)14-15;1-11-8-9-13(3)15(10-11)14-7-5-4-6-12(14)2;1-4-6-7-8-14(5-2)15-11-9-13(3)10-12-15;1-2/h3-8,10-14H,2,9H2,1H3;4-10H,1-3H3;4,6-12H,1,5H2,2-3H3;1-2H3/b5-3-,8-4-;;7-6-,14-8+;. The number of allylic oxidation sites excluding steroid dienone is 10. The molecule has 0 N–H and O–H groups in total. The van der Waals surface area contributed by atoms with Crippen LogP contribution in [0.4, 0.5) is 0 Å². The maximum absolute atomic E-state index is 4.21. The summed E-state index contributed by atoms with van der Waals surface area (Å²) in [5.74, 6) is 0. The number of hydrogen-bond acceptors (Lipinski definition) is 0. The van der Waals surface area contributed by atoms with Crippen molar-refractivity contribution in [3.05, 3.63) is 215 Å². The summed E-state index contributed by atoms with van der Waals surface area (Å²) in [6, 6.07) is 39.0. The van der Waals surface area contributed by atoms with Crippen molar-refractivity contribution in [2.45, 2.75) is 68.2 Å². The van der Waals surface area contributed by atoms with Crippen LogP contribution in [-0.2, 0) is 6.42 Å². The first-order valence-electron chi connectivity index (χ1n) is 18.6. The summed E-state index contributed by atoms with van der Waals surface area (Å²) < 4.78 is 0. The molecular weight excluding hydrogens is 625 g/mol. The normalized spacial score (nSPS) is 13.1. The fraction of sp³-hybridized carbons (Fsp3) is 0.192. The van der Waals surface area contributed by atoms with E-state index in [0.717, 1.165) is 18.4 Å². The maximum atomic E-state index is 4.21. The highest BCUT2D eigenvalue weighted by molar-refractivity contribution is 5.86. The van der Waals surface area contributed by atoms with E-state index >= 15 is 0 Å². The third-order valence-corrected chi connectivity index (χ3v) is 8.89. The van der Waals surface area contributed by atoms with Gasteiger partial charge in [-0.2, -0.15) is 0 Å². The number of rotatable bonds is 5. The van der Waals surface area contributed by atoms with Gasteiger partial charge in [0.05, 0.1) is 0 Å². The first kappa shape index (κ1) is 41.0. The predicted molar refractivity (Wildman–Crippen MR) is 234 cm³/mol. The average Bonchev–Trinajstić information content (AvgIpc) is 3.16. The van der Waals surface area contributed by atoms with E-state index in [1.807, 2.05) is 26.0 Å². The van der Waals surface area contributed by atoms with E-state index in [2.05, 4.69) is 194 Å². The van der Waals surface area contributed by atoms with Crippen LogP contribution < -0.4 is 0 Å². The van der Waals surface area contributed by atoms with Gasteiger partial charge in [0.1, 0.15) is 0 Å². The Kier molecular flexibility index (Phi) is 17.1. The molecule has 0 aliphatic heterocycles. The van der Waals surface area contributed by atoms with Crippen molar-refractivity contribution in [2.75, 3.05) is 0 Å². The first-order chi connectivity index (χ1) is 25.2. The molecular formula is C52H58. The molecule has 0 heterocycles. The minimum absolute atomic E-state index is 0.959. The molecule has 5 aromatic rings. The van der Waals surface area contributed by atoms with Crippen molar-refractivity contribution < 1.29 is 0 Å². The Bertz CT molecular complexity index is 2020. The molecule has 0 amide bonds.